The van der Waals surface area contributed by atoms with Crippen molar-refractivity contribution in [2.75, 3.05) is 0 Å². The third kappa shape index (κ3) is 3.81. The monoisotopic (exact) mass is 397 g/mol. The number of thioether (sulfide) groups is 1. The van der Waals surface area contributed by atoms with Gasteiger partial charge in [0, 0.05) is 5.69 Å². The Labute approximate surface area is 156 Å². The van der Waals surface area contributed by atoms with E-state index in [4.69, 9.17) is 21.6 Å². The number of nitrogens with zero attached hydrogens (tertiary/aromatic N) is 2. The summed E-state index contributed by atoms with van der Waals surface area (Å²) < 4.78 is 19.9. The van der Waals surface area contributed by atoms with Crippen molar-refractivity contribution < 1.29 is 13.9 Å². The minimum Gasteiger partial charge on any atom is -0.459 e. The van der Waals surface area contributed by atoms with Crippen LogP contribution in [0.15, 0.2) is 26.6 Å². The Kier molecular flexibility index (Phi) is 5.90. The maximum Gasteiger partial charge on any atom is 0.339 e. The SMILES string of the molecule is Cc1[nH]c(=O)n(-c2cc(C(=O)OC(C)C)c(Cl)cc2F)c(=O)c1SC#N. The van der Waals surface area contributed by atoms with Crippen molar-refractivity contribution in [2.24, 2.45) is 0 Å². The first-order valence-electron chi connectivity index (χ1n) is 7.29. The summed E-state index contributed by atoms with van der Waals surface area (Å²) in [4.78, 5) is 39.2. The topological polar surface area (TPSA) is 105 Å². The summed E-state index contributed by atoms with van der Waals surface area (Å²) >= 11 is 6.43. The van der Waals surface area contributed by atoms with Crippen molar-refractivity contribution in [3.63, 3.8) is 0 Å². The van der Waals surface area contributed by atoms with Crippen molar-refractivity contribution in [3.8, 4) is 11.1 Å². The highest BCUT2D eigenvalue weighted by atomic mass is 35.5. The molecule has 2 rings (SSSR count). The van der Waals surface area contributed by atoms with Crippen LogP contribution in [0.3, 0.4) is 0 Å². The van der Waals surface area contributed by atoms with Gasteiger partial charge in [0.25, 0.3) is 5.56 Å². The number of hydrogen-bond donors (Lipinski definition) is 1. The molecule has 1 aromatic carbocycles. The van der Waals surface area contributed by atoms with Crippen LogP contribution < -0.4 is 11.2 Å². The van der Waals surface area contributed by atoms with E-state index in [1.54, 1.807) is 19.2 Å². The van der Waals surface area contributed by atoms with Crippen molar-refractivity contribution in [1.29, 1.82) is 5.26 Å². The fourth-order valence-corrected chi connectivity index (χ4v) is 2.86. The number of H-pyrrole nitrogens is 1. The van der Waals surface area contributed by atoms with Crippen molar-refractivity contribution in [1.82, 2.24) is 9.55 Å². The van der Waals surface area contributed by atoms with Gasteiger partial charge >= 0.3 is 11.7 Å². The molecule has 0 unspecified atom stereocenters. The van der Waals surface area contributed by atoms with E-state index in [-0.39, 0.29) is 21.2 Å². The first-order chi connectivity index (χ1) is 12.2. The van der Waals surface area contributed by atoms with E-state index < -0.39 is 34.8 Å². The molecule has 0 aliphatic heterocycles. The molecule has 136 valence electrons. The van der Waals surface area contributed by atoms with Crippen LogP contribution in [-0.2, 0) is 4.74 Å². The van der Waals surface area contributed by atoms with Gasteiger partial charge in [-0.3, -0.25) is 4.79 Å². The Morgan fingerprint density at radius 2 is 2.08 bits per heavy atom. The summed E-state index contributed by atoms with van der Waals surface area (Å²) in [5, 5.41) is 10.3. The standard InChI is InChI=1S/C16H13ClFN3O4S/c1-7(2)25-15(23)9-4-12(11(18)5-10(9)17)21-14(22)13(26-6-19)8(3)20-16(21)24/h4-5,7H,1-3H3,(H,20,24). The number of nitriles is 1. The van der Waals surface area contributed by atoms with Gasteiger partial charge in [-0.1, -0.05) is 11.6 Å². The number of aromatic amines is 1. The van der Waals surface area contributed by atoms with Crippen LogP contribution in [0, 0.1) is 23.4 Å². The molecule has 0 spiro atoms. The summed E-state index contributed by atoms with van der Waals surface area (Å²) in [5.41, 5.74) is -2.30. The second-order valence-corrected chi connectivity index (χ2v) is 6.66. The molecule has 0 bridgehead atoms. The number of aromatic nitrogens is 2. The molecule has 0 radical (unpaired) electrons. The first kappa shape index (κ1) is 19.8. The van der Waals surface area contributed by atoms with Gasteiger partial charge in [0.1, 0.15) is 16.1 Å². The van der Waals surface area contributed by atoms with Crippen molar-refractivity contribution in [2.45, 2.75) is 31.8 Å². The highest BCUT2D eigenvalue weighted by Gasteiger charge is 2.21. The number of carbonyl (C=O) groups excluding carboxylic acids is 1. The van der Waals surface area contributed by atoms with Crippen LogP contribution in [0.25, 0.3) is 5.69 Å². The summed E-state index contributed by atoms with van der Waals surface area (Å²) in [6.45, 7) is 4.68. The van der Waals surface area contributed by atoms with E-state index in [9.17, 15) is 18.8 Å². The maximum absolute atomic E-state index is 14.4. The van der Waals surface area contributed by atoms with Crippen LogP contribution in [0.4, 0.5) is 4.39 Å². The van der Waals surface area contributed by atoms with Gasteiger partial charge in [-0.2, -0.15) is 5.26 Å². The number of ether oxygens (including phenoxy) is 1. The highest BCUT2D eigenvalue weighted by molar-refractivity contribution is 8.03. The molecular formula is C16H13ClFN3O4S. The first-order valence-corrected chi connectivity index (χ1v) is 8.49. The zero-order chi connectivity index (χ0) is 19.6. The number of thiocyanates is 1. The number of hydrogen-bond acceptors (Lipinski definition) is 6. The van der Waals surface area contributed by atoms with E-state index in [0.29, 0.717) is 16.3 Å². The van der Waals surface area contributed by atoms with Gasteiger partial charge in [-0.05, 0) is 44.7 Å². The molecule has 10 heteroatoms. The Balaban J connectivity index is 2.76. The van der Waals surface area contributed by atoms with Crippen LogP contribution in [0.1, 0.15) is 29.9 Å². The molecule has 26 heavy (non-hydrogen) atoms. The summed E-state index contributed by atoms with van der Waals surface area (Å²) in [5.74, 6) is -1.81. The molecule has 1 N–H and O–H groups in total. The van der Waals surface area contributed by atoms with E-state index in [1.165, 1.54) is 6.92 Å². The molecule has 2 aromatic rings. The van der Waals surface area contributed by atoms with Gasteiger partial charge in [0.05, 0.1) is 22.4 Å². The summed E-state index contributed by atoms with van der Waals surface area (Å²) in [6.07, 6.45) is -0.448. The molecular weight excluding hydrogens is 385 g/mol. The lowest BCUT2D eigenvalue weighted by Crippen LogP contribution is -2.36. The number of rotatable bonds is 4. The number of benzene rings is 1. The third-order valence-corrected chi connectivity index (χ3v) is 4.31. The number of halogens is 2. The predicted molar refractivity (Wildman–Crippen MR) is 94.4 cm³/mol. The number of aryl methyl sites for hydroxylation is 1. The molecule has 0 amide bonds. The fraction of sp³-hybridized carbons (Fsp3) is 0.250. The van der Waals surface area contributed by atoms with Gasteiger partial charge in [0.2, 0.25) is 0 Å². The Hall–Kier alpha value is -2.57. The Morgan fingerprint density at radius 1 is 1.42 bits per heavy atom. The number of nitrogens with one attached hydrogen (secondary N) is 1. The van der Waals surface area contributed by atoms with Crippen molar-refractivity contribution >= 4 is 29.3 Å². The average molecular weight is 398 g/mol. The van der Waals surface area contributed by atoms with Gasteiger partial charge in [0.15, 0.2) is 0 Å². The van der Waals surface area contributed by atoms with E-state index in [1.807, 2.05) is 0 Å². The molecule has 7 nitrogen and oxygen atoms in total. The summed E-state index contributed by atoms with van der Waals surface area (Å²) in [6, 6.07) is 1.78. The largest absolute Gasteiger partial charge is 0.459 e. The average Bonchev–Trinajstić information content (AvgIpc) is 2.52. The van der Waals surface area contributed by atoms with Crippen molar-refractivity contribution in [3.05, 3.63) is 55.1 Å². The number of carbonyl (C=O) groups is 1. The molecule has 0 aliphatic carbocycles. The minimum absolute atomic E-state index is 0.0623. The van der Waals surface area contributed by atoms with Crippen LogP contribution in [0.5, 0.6) is 0 Å². The zero-order valence-electron chi connectivity index (χ0n) is 13.9. The lowest BCUT2D eigenvalue weighted by Gasteiger charge is -2.13. The lowest BCUT2D eigenvalue weighted by molar-refractivity contribution is 0.0378. The molecule has 0 fully saturated rings. The van der Waals surface area contributed by atoms with E-state index in [0.717, 1.165) is 12.1 Å². The molecule has 0 aliphatic rings. The number of esters is 1. The van der Waals surface area contributed by atoms with Gasteiger partial charge in [-0.25, -0.2) is 18.5 Å². The Morgan fingerprint density at radius 3 is 2.65 bits per heavy atom. The molecule has 0 atom stereocenters. The second kappa shape index (κ2) is 7.76. The quantitative estimate of drug-likeness (QED) is 0.483. The van der Waals surface area contributed by atoms with Gasteiger partial charge < -0.3 is 9.72 Å². The smallest absolute Gasteiger partial charge is 0.339 e. The maximum atomic E-state index is 14.4. The van der Waals surface area contributed by atoms with E-state index >= 15 is 0 Å². The normalized spacial score (nSPS) is 10.7. The van der Waals surface area contributed by atoms with Gasteiger partial charge in [-0.15, -0.1) is 0 Å². The fourth-order valence-electron chi connectivity index (χ4n) is 2.15. The third-order valence-electron chi connectivity index (χ3n) is 3.22. The Bertz CT molecular complexity index is 1040. The van der Waals surface area contributed by atoms with Crippen LogP contribution in [-0.4, -0.2) is 21.6 Å². The molecule has 1 aromatic heterocycles. The summed E-state index contributed by atoms with van der Waals surface area (Å²) in [7, 11) is 0. The zero-order valence-corrected chi connectivity index (χ0v) is 15.5. The van der Waals surface area contributed by atoms with Crippen LogP contribution in [0.2, 0.25) is 5.02 Å². The predicted octanol–water partition coefficient (Wildman–Crippen LogP) is 2.77. The molecule has 1 heterocycles. The van der Waals surface area contributed by atoms with E-state index in [2.05, 4.69) is 4.98 Å². The second-order valence-electron chi connectivity index (χ2n) is 5.46. The van der Waals surface area contributed by atoms with Crippen LogP contribution >= 0.6 is 23.4 Å². The minimum atomic E-state index is -0.986. The molecule has 0 saturated heterocycles. The highest BCUT2D eigenvalue weighted by Crippen LogP contribution is 2.24. The molecule has 0 saturated carbocycles. The lowest BCUT2D eigenvalue weighted by atomic mass is 10.2.